The van der Waals surface area contributed by atoms with Crippen molar-refractivity contribution in [1.82, 2.24) is 5.43 Å². The summed E-state index contributed by atoms with van der Waals surface area (Å²) >= 11 is 1.56. The number of hydrogen-bond donors (Lipinski definition) is 1. The summed E-state index contributed by atoms with van der Waals surface area (Å²) < 4.78 is 0. The van der Waals surface area contributed by atoms with Gasteiger partial charge >= 0.3 is 0 Å². The number of carbonyl (C=O) groups excluding carboxylic acids is 1. The van der Waals surface area contributed by atoms with Crippen LogP contribution in [0.4, 0.5) is 5.69 Å². The minimum Gasteiger partial charge on any atom is -0.267 e. The summed E-state index contributed by atoms with van der Waals surface area (Å²) in [7, 11) is 0. The second-order valence-electron chi connectivity index (χ2n) is 3.95. The molecule has 0 spiro atoms. The third-order valence-electron chi connectivity index (χ3n) is 2.46. The van der Waals surface area contributed by atoms with Gasteiger partial charge in [0.25, 0.3) is 11.6 Å². The zero-order valence-electron chi connectivity index (χ0n) is 10.6. The average molecular weight is 289 g/mol. The number of aryl methyl sites for hydroxylation is 1. The molecule has 1 heterocycles. The number of hydrazone groups is 1. The van der Waals surface area contributed by atoms with Crippen LogP contribution in [0.15, 0.2) is 41.5 Å². The fourth-order valence-corrected chi connectivity index (χ4v) is 2.23. The van der Waals surface area contributed by atoms with E-state index in [1.54, 1.807) is 17.6 Å². The molecule has 7 heteroatoms. The molecular formula is C13H11N3O3S. The van der Waals surface area contributed by atoms with Crippen LogP contribution in [0, 0.1) is 17.0 Å². The Morgan fingerprint density at radius 2 is 2.00 bits per heavy atom. The number of nitrogens with one attached hydrogen (secondary N) is 1. The van der Waals surface area contributed by atoms with Crippen LogP contribution in [-0.2, 0) is 0 Å². The molecule has 0 unspecified atom stereocenters. The maximum Gasteiger partial charge on any atom is 0.271 e. The molecule has 1 amide bonds. The number of hydrogen-bond acceptors (Lipinski definition) is 5. The van der Waals surface area contributed by atoms with E-state index in [4.69, 9.17) is 0 Å². The first-order chi connectivity index (χ1) is 9.56. The zero-order valence-corrected chi connectivity index (χ0v) is 11.4. The number of non-ortho nitro benzene ring substituents is 1. The van der Waals surface area contributed by atoms with Crippen molar-refractivity contribution in [2.24, 2.45) is 5.10 Å². The van der Waals surface area contributed by atoms with E-state index in [9.17, 15) is 14.9 Å². The topological polar surface area (TPSA) is 84.6 Å². The molecule has 1 aromatic heterocycles. The maximum absolute atomic E-state index is 11.7. The molecule has 1 aromatic carbocycles. The highest BCUT2D eigenvalue weighted by atomic mass is 32.1. The van der Waals surface area contributed by atoms with Crippen LogP contribution in [0.2, 0.25) is 0 Å². The minimum absolute atomic E-state index is 0.0564. The normalized spacial score (nSPS) is 10.7. The van der Waals surface area contributed by atoms with Crippen molar-refractivity contribution in [3.8, 4) is 0 Å². The molecule has 0 aliphatic rings. The Morgan fingerprint density at radius 1 is 1.30 bits per heavy atom. The first-order valence-electron chi connectivity index (χ1n) is 5.70. The molecule has 20 heavy (non-hydrogen) atoms. The third-order valence-corrected chi connectivity index (χ3v) is 3.39. The van der Waals surface area contributed by atoms with Gasteiger partial charge in [-0.25, -0.2) is 5.43 Å². The van der Waals surface area contributed by atoms with E-state index in [1.165, 1.54) is 24.3 Å². The first-order valence-corrected chi connectivity index (χ1v) is 6.52. The predicted octanol–water partition coefficient (Wildman–Crippen LogP) is 2.73. The number of rotatable bonds is 4. The molecule has 0 fully saturated rings. The van der Waals surface area contributed by atoms with Crippen LogP contribution in [0.3, 0.4) is 0 Å². The highest BCUT2D eigenvalue weighted by molar-refractivity contribution is 7.13. The highest BCUT2D eigenvalue weighted by Crippen LogP contribution is 2.13. The van der Waals surface area contributed by atoms with Gasteiger partial charge in [0.05, 0.1) is 11.1 Å². The van der Waals surface area contributed by atoms with Crippen LogP contribution in [0.1, 0.15) is 20.1 Å². The maximum atomic E-state index is 11.7. The Balaban J connectivity index is 1.98. The van der Waals surface area contributed by atoms with Crippen LogP contribution in [0.5, 0.6) is 0 Å². The summed E-state index contributed by atoms with van der Waals surface area (Å²) in [6.07, 6.45) is 1.56. The zero-order chi connectivity index (χ0) is 14.5. The number of carbonyl (C=O) groups is 1. The Kier molecular flexibility index (Phi) is 4.21. The molecule has 0 aliphatic carbocycles. The Bertz CT molecular complexity index is 662. The van der Waals surface area contributed by atoms with Crippen molar-refractivity contribution in [2.75, 3.05) is 0 Å². The van der Waals surface area contributed by atoms with Crippen LogP contribution < -0.4 is 5.43 Å². The third kappa shape index (κ3) is 3.48. The van der Waals surface area contributed by atoms with Crippen LogP contribution >= 0.6 is 11.3 Å². The SMILES string of the molecule is Cc1ccc(/C=N\NC(=O)c2ccc([N+](=O)[O-])cc2)s1. The number of nitro benzene ring substituents is 1. The number of nitrogens with zero attached hydrogens (tertiary/aromatic N) is 2. The fourth-order valence-electron chi connectivity index (χ4n) is 1.48. The molecule has 0 radical (unpaired) electrons. The lowest BCUT2D eigenvalue weighted by Crippen LogP contribution is -2.17. The average Bonchev–Trinajstić information content (AvgIpc) is 2.84. The summed E-state index contributed by atoms with van der Waals surface area (Å²) in [6.45, 7) is 1.98. The van der Waals surface area contributed by atoms with Gasteiger partial charge in [-0.1, -0.05) is 0 Å². The summed E-state index contributed by atoms with van der Waals surface area (Å²) in [4.78, 5) is 23.8. The highest BCUT2D eigenvalue weighted by Gasteiger charge is 2.08. The van der Waals surface area contributed by atoms with E-state index in [0.29, 0.717) is 5.56 Å². The van der Waals surface area contributed by atoms with E-state index in [-0.39, 0.29) is 5.69 Å². The van der Waals surface area contributed by atoms with Gasteiger partial charge in [-0.15, -0.1) is 11.3 Å². The lowest BCUT2D eigenvalue weighted by molar-refractivity contribution is -0.384. The molecule has 0 bridgehead atoms. The monoisotopic (exact) mass is 289 g/mol. The lowest BCUT2D eigenvalue weighted by Gasteiger charge is -1.98. The largest absolute Gasteiger partial charge is 0.271 e. The summed E-state index contributed by atoms with van der Waals surface area (Å²) in [5.74, 6) is -0.413. The van der Waals surface area contributed by atoms with Crippen molar-refractivity contribution < 1.29 is 9.72 Å². The number of nitro groups is 1. The Hall–Kier alpha value is -2.54. The quantitative estimate of drug-likeness (QED) is 0.533. The molecule has 0 aliphatic heterocycles. The molecule has 2 rings (SSSR count). The van der Waals surface area contributed by atoms with Crippen molar-refractivity contribution in [3.05, 3.63) is 61.8 Å². The van der Waals surface area contributed by atoms with Crippen molar-refractivity contribution in [3.63, 3.8) is 0 Å². The van der Waals surface area contributed by atoms with E-state index in [2.05, 4.69) is 10.5 Å². The molecule has 102 valence electrons. The minimum atomic E-state index is -0.515. The molecule has 0 saturated heterocycles. The fraction of sp³-hybridized carbons (Fsp3) is 0.0769. The van der Waals surface area contributed by atoms with Gasteiger partial charge in [0, 0.05) is 27.5 Å². The molecule has 0 atom stereocenters. The summed E-state index contributed by atoms with van der Waals surface area (Å²) in [6, 6.07) is 9.20. The van der Waals surface area contributed by atoms with Crippen LogP contribution in [0.25, 0.3) is 0 Å². The van der Waals surface area contributed by atoms with E-state index in [1.807, 2.05) is 19.1 Å². The predicted molar refractivity (Wildman–Crippen MR) is 77.2 cm³/mol. The first kappa shape index (κ1) is 13.9. The molecule has 6 nitrogen and oxygen atoms in total. The van der Waals surface area contributed by atoms with E-state index in [0.717, 1.165) is 9.75 Å². The van der Waals surface area contributed by atoms with Gasteiger partial charge in [0.15, 0.2) is 0 Å². The van der Waals surface area contributed by atoms with Gasteiger partial charge in [0.1, 0.15) is 0 Å². The standard InChI is InChI=1S/C13H11N3O3S/c1-9-2-7-12(20-9)8-14-15-13(17)10-3-5-11(6-4-10)16(18)19/h2-8H,1H3,(H,15,17)/b14-8-. The number of thiophene rings is 1. The van der Waals surface area contributed by atoms with Gasteiger partial charge < -0.3 is 0 Å². The summed E-state index contributed by atoms with van der Waals surface area (Å²) in [5.41, 5.74) is 2.63. The number of benzene rings is 1. The summed E-state index contributed by atoms with van der Waals surface area (Å²) in [5, 5.41) is 14.3. The molecular weight excluding hydrogens is 278 g/mol. The second-order valence-corrected chi connectivity index (χ2v) is 5.27. The van der Waals surface area contributed by atoms with Gasteiger partial charge in [-0.2, -0.15) is 5.10 Å². The number of amides is 1. The van der Waals surface area contributed by atoms with Crippen molar-refractivity contribution >= 4 is 29.1 Å². The second kappa shape index (κ2) is 6.07. The molecule has 0 saturated carbocycles. The van der Waals surface area contributed by atoms with Crippen LogP contribution in [-0.4, -0.2) is 17.0 Å². The van der Waals surface area contributed by atoms with Gasteiger partial charge in [-0.05, 0) is 31.2 Å². The van der Waals surface area contributed by atoms with Gasteiger partial charge in [-0.3, -0.25) is 14.9 Å². The Labute approximate surface area is 118 Å². The van der Waals surface area contributed by atoms with E-state index >= 15 is 0 Å². The van der Waals surface area contributed by atoms with E-state index < -0.39 is 10.8 Å². The molecule has 2 aromatic rings. The Morgan fingerprint density at radius 3 is 2.55 bits per heavy atom. The van der Waals surface area contributed by atoms with Crippen molar-refractivity contribution in [2.45, 2.75) is 6.92 Å². The van der Waals surface area contributed by atoms with Gasteiger partial charge in [0.2, 0.25) is 0 Å². The smallest absolute Gasteiger partial charge is 0.267 e. The lowest BCUT2D eigenvalue weighted by atomic mass is 10.2. The molecule has 1 N–H and O–H groups in total. The van der Waals surface area contributed by atoms with Crippen molar-refractivity contribution in [1.29, 1.82) is 0 Å².